The van der Waals surface area contributed by atoms with Crippen LogP contribution in [0.5, 0.6) is 0 Å². The van der Waals surface area contributed by atoms with E-state index in [0.29, 0.717) is 118 Å². The first-order valence-corrected chi connectivity index (χ1v) is 12.2. The van der Waals surface area contributed by atoms with Gasteiger partial charge in [-0.25, -0.2) is 0 Å². The Kier molecular flexibility index (Phi) is 22.5. The molecule has 1 aromatic rings. The summed E-state index contributed by atoms with van der Waals surface area (Å²) in [6, 6.07) is 7.06. The van der Waals surface area contributed by atoms with Gasteiger partial charge in [0.05, 0.1) is 112 Å². The van der Waals surface area contributed by atoms with Crippen LogP contribution in [0.2, 0.25) is 0 Å². The van der Waals surface area contributed by atoms with E-state index >= 15 is 0 Å². The normalized spacial score (nSPS) is 11.2. The van der Waals surface area contributed by atoms with Gasteiger partial charge in [0.1, 0.15) is 0 Å². The minimum Gasteiger partial charge on any atom is -0.382 e. The van der Waals surface area contributed by atoms with E-state index in [1.807, 2.05) is 6.07 Å². The first-order valence-electron chi connectivity index (χ1n) is 12.2. The van der Waals surface area contributed by atoms with Crippen LogP contribution in [0.4, 0.5) is 0 Å². The Hall–Kier alpha value is -1.67. The summed E-state index contributed by atoms with van der Waals surface area (Å²) >= 11 is 0. The highest BCUT2D eigenvalue weighted by atomic mass is 16.6. The number of hydrogen-bond donors (Lipinski definition) is 1. The molecule has 0 aliphatic rings. The minimum absolute atomic E-state index is 0.399. The van der Waals surface area contributed by atoms with Crippen LogP contribution in [0.3, 0.4) is 0 Å². The summed E-state index contributed by atoms with van der Waals surface area (Å²) in [5.74, 6) is -0.449. The maximum absolute atomic E-state index is 11.2. The van der Waals surface area contributed by atoms with E-state index in [4.69, 9.17) is 48.4 Å². The summed E-state index contributed by atoms with van der Waals surface area (Å²) in [5.41, 5.74) is 6.63. The van der Waals surface area contributed by atoms with Crippen LogP contribution in [-0.2, 0) is 49.2 Å². The fourth-order valence-electron chi connectivity index (χ4n) is 2.69. The molecule has 0 aromatic heterocycles. The maximum Gasteiger partial charge on any atom is 0.248 e. The van der Waals surface area contributed by atoms with E-state index < -0.39 is 5.91 Å². The zero-order valence-corrected chi connectivity index (χ0v) is 21.5. The molecule has 0 aliphatic carbocycles. The third-order valence-corrected chi connectivity index (χ3v) is 4.52. The molecule has 0 aliphatic heterocycles. The van der Waals surface area contributed by atoms with Crippen LogP contribution in [0.15, 0.2) is 24.3 Å². The molecule has 1 rings (SSSR count). The van der Waals surface area contributed by atoms with Crippen molar-refractivity contribution in [3.8, 4) is 0 Å². The molecule has 1 amide bonds. The number of ether oxygens (including phenoxy) is 9. The van der Waals surface area contributed by atoms with Crippen molar-refractivity contribution >= 4 is 5.91 Å². The van der Waals surface area contributed by atoms with E-state index in [9.17, 15) is 4.79 Å². The van der Waals surface area contributed by atoms with Gasteiger partial charge in [0.2, 0.25) is 5.91 Å². The van der Waals surface area contributed by atoms with Gasteiger partial charge in [0.25, 0.3) is 0 Å². The van der Waals surface area contributed by atoms with Crippen LogP contribution in [0, 0.1) is 0 Å². The van der Waals surface area contributed by atoms with Gasteiger partial charge in [0.15, 0.2) is 0 Å². The standard InChI is InChI=1S/C25H43NO10/c1-28-5-6-29-7-8-30-9-10-31-11-12-32-13-14-33-15-16-34-17-18-35-19-20-36-22-23-3-2-4-24(21-23)25(26)27/h2-4,21H,5-20,22H2,1H3,(H2,26,27). The number of benzene rings is 1. The SMILES string of the molecule is COCCOCCOCCOCCOCCOCCOCCOCCOCc1cccc(C(N)=O)c1. The number of nitrogens with two attached hydrogens (primary N) is 1. The molecule has 0 heterocycles. The van der Waals surface area contributed by atoms with Crippen molar-refractivity contribution in [3.63, 3.8) is 0 Å². The predicted octanol–water partition coefficient (Wildman–Crippen LogP) is 1.06. The monoisotopic (exact) mass is 517 g/mol. The van der Waals surface area contributed by atoms with Crippen LogP contribution in [0.25, 0.3) is 0 Å². The molecule has 0 saturated heterocycles. The number of amides is 1. The first kappa shape index (κ1) is 32.4. The van der Waals surface area contributed by atoms with Crippen molar-refractivity contribution in [1.29, 1.82) is 0 Å². The Labute approximate surface area is 214 Å². The van der Waals surface area contributed by atoms with Gasteiger partial charge in [0, 0.05) is 12.7 Å². The molecule has 0 bridgehead atoms. The number of primary amides is 1. The average Bonchev–Trinajstić information content (AvgIpc) is 2.89. The largest absolute Gasteiger partial charge is 0.382 e. The Balaban J connectivity index is 1.71. The summed E-state index contributed by atoms with van der Waals surface area (Å²) in [6.07, 6.45) is 0. The highest BCUT2D eigenvalue weighted by Gasteiger charge is 2.01. The second kappa shape index (κ2) is 25.0. The molecule has 0 atom stereocenters. The topological polar surface area (TPSA) is 126 Å². The summed E-state index contributed by atoms with van der Waals surface area (Å²) in [5, 5.41) is 0. The molecule has 11 heteroatoms. The summed E-state index contributed by atoms with van der Waals surface area (Å²) < 4.78 is 48.3. The third-order valence-electron chi connectivity index (χ3n) is 4.52. The van der Waals surface area contributed by atoms with Gasteiger partial charge < -0.3 is 48.4 Å². The third kappa shape index (κ3) is 20.5. The number of methoxy groups -OCH3 is 1. The molecule has 0 spiro atoms. The number of carbonyl (C=O) groups is 1. The van der Waals surface area contributed by atoms with Crippen LogP contribution in [0.1, 0.15) is 15.9 Å². The highest BCUT2D eigenvalue weighted by Crippen LogP contribution is 2.06. The molecule has 1 aromatic carbocycles. The Morgan fingerprint density at radius 2 is 0.944 bits per heavy atom. The summed E-state index contributed by atoms with van der Waals surface area (Å²) in [4.78, 5) is 11.2. The van der Waals surface area contributed by atoms with Crippen LogP contribution in [-0.4, -0.2) is 119 Å². The van der Waals surface area contributed by atoms with Crippen molar-refractivity contribution < 1.29 is 47.4 Å². The smallest absolute Gasteiger partial charge is 0.248 e. The fraction of sp³-hybridized carbons (Fsp3) is 0.720. The molecule has 2 N–H and O–H groups in total. The van der Waals surface area contributed by atoms with Crippen molar-refractivity contribution in [3.05, 3.63) is 35.4 Å². The number of carbonyl (C=O) groups excluding carboxylic acids is 1. The lowest BCUT2D eigenvalue weighted by molar-refractivity contribution is -0.0246. The average molecular weight is 518 g/mol. The molecule has 0 radical (unpaired) electrons. The molecular weight excluding hydrogens is 474 g/mol. The molecule has 208 valence electrons. The van der Waals surface area contributed by atoms with Gasteiger partial charge in [-0.3, -0.25) is 4.79 Å². The molecular formula is C25H43NO10. The zero-order chi connectivity index (χ0) is 25.9. The second-order valence-electron chi connectivity index (χ2n) is 7.40. The van der Waals surface area contributed by atoms with Crippen molar-refractivity contribution in [2.45, 2.75) is 6.61 Å². The number of rotatable bonds is 27. The molecule has 0 unspecified atom stereocenters. The van der Waals surface area contributed by atoms with E-state index in [1.165, 1.54) is 0 Å². The van der Waals surface area contributed by atoms with Crippen LogP contribution < -0.4 is 5.73 Å². The Morgan fingerprint density at radius 3 is 1.31 bits per heavy atom. The lowest BCUT2D eigenvalue weighted by atomic mass is 10.1. The van der Waals surface area contributed by atoms with Gasteiger partial charge >= 0.3 is 0 Å². The van der Waals surface area contributed by atoms with E-state index in [-0.39, 0.29) is 0 Å². The van der Waals surface area contributed by atoms with Crippen molar-refractivity contribution in [2.75, 3.05) is 113 Å². The van der Waals surface area contributed by atoms with Crippen molar-refractivity contribution in [2.24, 2.45) is 5.73 Å². The Morgan fingerprint density at radius 1 is 0.583 bits per heavy atom. The summed E-state index contributed by atoms with van der Waals surface area (Å²) in [7, 11) is 1.64. The maximum atomic E-state index is 11.2. The molecule has 11 nitrogen and oxygen atoms in total. The number of hydrogen-bond acceptors (Lipinski definition) is 10. The van der Waals surface area contributed by atoms with Gasteiger partial charge in [-0.1, -0.05) is 12.1 Å². The molecule has 0 saturated carbocycles. The van der Waals surface area contributed by atoms with E-state index in [1.54, 1.807) is 25.3 Å². The van der Waals surface area contributed by atoms with E-state index in [2.05, 4.69) is 0 Å². The lowest BCUT2D eigenvalue weighted by Gasteiger charge is -2.09. The minimum atomic E-state index is -0.449. The molecule has 36 heavy (non-hydrogen) atoms. The second-order valence-corrected chi connectivity index (χ2v) is 7.40. The summed E-state index contributed by atoms with van der Waals surface area (Å²) in [6.45, 7) is 8.66. The van der Waals surface area contributed by atoms with Crippen molar-refractivity contribution in [1.82, 2.24) is 0 Å². The fourth-order valence-corrected chi connectivity index (χ4v) is 2.69. The quantitative estimate of drug-likeness (QED) is 0.169. The first-order chi connectivity index (χ1) is 17.7. The van der Waals surface area contributed by atoms with Gasteiger partial charge in [-0.05, 0) is 17.7 Å². The van der Waals surface area contributed by atoms with Crippen LogP contribution >= 0.6 is 0 Å². The zero-order valence-electron chi connectivity index (χ0n) is 21.5. The van der Waals surface area contributed by atoms with Gasteiger partial charge in [-0.15, -0.1) is 0 Å². The highest BCUT2D eigenvalue weighted by molar-refractivity contribution is 5.92. The lowest BCUT2D eigenvalue weighted by Crippen LogP contribution is -2.15. The Bertz CT molecular complexity index is 635. The van der Waals surface area contributed by atoms with E-state index in [0.717, 1.165) is 5.56 Å². The van der Waals surface area contributed by atoms with Gasteiger partial charge in [-0.2, -0.15) is 0 Å². The molecule has 0 fully saturated rings. The predicted molar refractivity (Wildman–Crippen MR) is 132 cm³/mol.